The summed E-state index contributed by atoms with van der Waals surface area (Å²) < 4.78 is 19.7. The fraction of sp³-hybridized carbons (Fsp3) is 0.667. The average molecular weight is 291 g/mol. The van der Waals surface area contributed by atoms with E-state index in [0.717, 1.165) is 30.9 Å². The van der Waals surface area contributed by atoms with E-state index >= 15 is 0 Å². The molecular weight excluding hydrogens is 265 g/mol. The van der Waals surface area contributed by atoms with Gasteiger partial charge in [-0.25, -0.2) is 4.39 Å². The summed E-state index contributed by atoms with van der Waals surface area (Å²) in [4.78, 5) is 0. The molecule has 0 amide bonds. The number of rotatable bonds is 2. The van der Waals surface area contributed by atoms with Crippen LogP contribution in [-0.2, 0) is 4.74 Å². The van der Waals surface area contributed by atoms with Crippen molar-refractivity contribution < 1.29 is 9.13 Å². The van der Waals surface area contributed by atoms with Crippen LogP contribution in [0.3, 0.4) is 0 Å². The Kier molecular flexibility index (Phi) is 4.32. The molecule has 1 spiro atoms. The lowest BCUT2D eigenvalue weighted by Crippen LogP contribution is -2.56. The van der Waals surface area contributed by atoms with Crippen molar-refractivity contribution in [1.29, 1.82) is 0 Å². The lowest BCUT2D eigenvalue weighted by Gasteiger charge is -2.48. The highest BCUT2D eigenvalue weighted by Gasteiger charge is 2.42. The number of morpholine rings is 1. The summed E-state index contributed by atoms with van der Waals surface area (Å²) in [5.74, 6) is 0.677. The molecule has 1 saturated carbocycles. The molecule has 1 aliphatic heterocycles. The van der Waals surface area contributed by atoms with Crippen molar-refractivity contribution in [2.24, 2.45) is 5.92 Å². The Morgan fingerprint density at radius 2 is 1.90 bits per heavy atom. The number of hydrogen-bond donors (Lipinski definition) is 1. The van der Waals surface area contributed by atoms with Crippen molar-refractivity contribution in [3.63, 3.8) is 0 Å². The highest BCUT2D eigenvalue weighted by molar-refractivity contribution is 5.21. The van der Waals surface area contributed by atoms with Crippen molar-refractivity contribution in [2.45, 2.75) is 63.7 Å². The van der Waals surface area contributed by atoms with Gasteiger partial charge < -0.3 is 10.1 Å². The van der Waals surface area contributed by atoms with Gasteiger partial charge in [-0.05, 0) is 56.2 Å². The van der Waals surface area contributed by atoms with Crippen molar-refractivity contribution in [3.05, 3.63) is 35.6 Å². The van der Waals surface area contributed by atoms with Gasteiger partial charge in [0.15, 0.2) is 0 Å². The molecule has 1 saturated heterocycles. The van der Waals surface area contributed by atoms with Gasteiger partial charge in [-0.15, -0.1) is 0 Å². The summed E-state index contributed by atoms with van der Waals surface area (Å²) in [6, 6.07) is 7.04. The van der Waals surface area contributed by atoms with E-state index in [1.54, 1.807) is 0 Å². The largest absolute Gasteiger partial charge is 0.364 e. The van der Waals surface area contributed by atoms with Crippen molar-refractivity contribution >= 4 is 0 Å². The third-order valence-corrected chi connectivity index (χ3v) is 5.37. The smallest absolute Gasteiger partial charge is 0.123 e. The number of hydrogen-bond acceptors (Lipinski definition) is 2. The molecule has 3 rings (SSSR count). The maximum atomic E-state index is 13.1. The van der Waals surface area contributed by atoms with Gasteiger partial charge in [-0.1, -0.05) is 25.5 Å². The van der Waals surface area contributed by atoms with Gasteiger partial charge in [0.1, 0.15) is 5.82 Å². The predicted molar refractivity (Wildman–Crippen MR) is 82.7 cm³/mol. The summed E-state index contributed by atoms with van der Waals surface area (Å²) in [7, 11) is 0. The van der Waals surface area contributed by atoms with Crippen LogP contribution in [0.4, 0.5) is 4.39 Å². The molecule has 2 unspecified atom stereocenters. The molecule has 1 N–H and O–H groups in total. The van der Waals surface area contributed by atoms with E-state index < -0.39 is 0 Å². The fourth-order valence-corrected chi connectivity index (χ4v) is 3.78. The van der Waals surface area contributed by atoms with E-state index in [-0.39, 0.29) is 23.6 Å². The van der Waals surface area contributed by atoms with Crippen LogP contribution in [0.5, 0.6) is 0 Å². The number of nitrogens with one attached hydrogen (secondary N) is 1. The van der Waals surface area contributed by atoms with Crippen LogP contribution in [0.15, 0.2) is 24.3 Å². The minimum Gasteiger partial charge on any atom is -0.364 e. The maximum Gasteiger partial charge on any atom is 0.123 e. The van der Waals surface area contributed by atoms with Gasteiger partial charge in [0.2, 0.25) is 0 Å². The van der Waals surface area contributed by atoms with Crippen LogP contribution >= 0.6 is 0 Å². The van der Waals surface area contributed by atoms with E-state index in [1.165, 1.54) is 31.4 Å². The highest BCUT2D eigenvalue weighted by Crippen LogP contribution is 2.42. The summed E-state index contributed by atoms with van der Waals surface area (Å²) in [5, 5.41) is 3.62. The third kappa shape index (κ3) is 3.14. The van der Waals surface area contributed by atoms with Gasteiger partial charge in [0.05, 0.1) is 11.7 Å². The van der Waals surface area contributed by atoms with Crippen molar-refractivity contribution in [3.8, 4) is 0 Å². The minimum atomic E-state index is -0.187. The first-order valence-electron chi connectivity index (χ1n) is 8.28. The van der Waals surface area contributed by atoms with Gasteiger partial charge in [-0.2, -0.15) is 0 Å². The summed E-state index contributed by atoms with van der Waals surface area (Å²) in [5.41, 5.74) is 1.06. The van der Waals surface area contributed by atoms with Crippen LogP contribution in [-0.4, -0.2) is 18.2 Å². The van der Waals surface area contributed by atoms with E-state index in [0.29, 0.717) is 0 Å². The van der Waals surface area contributed by atoms with E-state index in [2.05, 4.69) is 19.2 Å². The standard InChI is InChI=1S/C18H26FNO/c1-3-14-8-10-18(11-9-14)12-20-13(2)17(21-18)15-4-6-16(19)7-5-15/h4-7,13-14,17,20H,3,8-12H2,1-2H3. The quantitative estimate of drug-likeness (QED) is 0.881. The first-order valence-corrected chi connectivity index (χ1v) is 8.28. The molecule has 21 heavy (non-hydrogen) atoms. The Morgan fingerprint density at radius 3 is 2.52 bits per heavy atom. The molecule has 2 nitrogen and oxygen atoms in total. The first kappa shape index (κ1) is 15.0. The van der Waals surface area contributed by atoms with Crippen LogP contribution in [0.2, 0.25) is 0 Å². The normalized spacial score (nSPS) is 36.8. The molecule has 3 heteroatoms. The zero-order valence-electron chi connectivity index (χ0n) is 13.1. The first-order chi connectivity index (χ1) is 10.1. The molecule has 1 heterocycles. The molecule has 2 fully saturated rings. The average Bonchev–Trinajstić information content (AvgIpc) is 2.52. The Hall–Kier alpha value is -0.930. The lowest BCUT2D eigenvalue weighted by molar-refractivity contribution is -0.156. The second-order valence-corrected chi connectivity index (χ2v) is 6.79. The van der Waals surface area contributed by atoms with Crippen LogP contribution < -0.4 is 5.32 Å². The maximum absolute atomic E-state index is 13.1. The molecule has 0 bridgehead atoms. The predicted octanol–water partition coefficient (Wildman–Crippen LogP) is 4.21. The van der Waals surface area contributed by atoms with E-state index in [9.17, 15) is 4.39 Å². The Bertz CT molecular complexity index is 465. The molecule has 1 aromatic carbocycles. The molecule has 1 aliphatic carbocycles. The SMILES string of the molecule is CCC1CCC2(CC1)CNC(C)C(c1ccc(F)cc1)O2. The third-order valence-electron chi connectivity index (χ3n) is 5.37. The zero-order chi connectivity index (χ0) is 14.9. The second-order valence-electron chi connectivity index (χ2n) is 6.79. The minimum absolute atomic E-state index is 0.0166. The van der Waals surface area contributed by atoms with Gasteiger partial charge in [0, 0.05) is 12.6 Å². The molecule has 2 aliphatic rings. The Morgan fingerprint density at radius 1 is 1.24 bits per heavy atom. The molecule has 0 radical (unpaired) electrons. The van der Waals surface area contributed by atoms with Crippen molar-refractivity contribution in [1.82, 2.24) is 5.32 Å². The fourth-order valence-electron chi connectivity index (χ4n) is 3.78. The molecule has 116 valence electrons. The van der Waals surface area contributed by atoms with Gasteiger partial charge in [-0.3, -0.25) is 0 Å². The summed E-state index contributed by atoms with van der Waals surface area (Å²) in [6.07, 6.45) is 6.12. The summed E-state index contributed by atoms with van der Waals surface area (Å²) >= 11 is 0. The Balaban J connectivity index is 1.74. The number of benzene rings is 1. The lowest BCUT2D eigenvalue weighted by atomic mass is 9.76. The molecule has 2 atom stereocenters. The highest BCUT2D eigenvalue weighted by atomic mass is 19.1. The summed E-state index contributed by atoms with van der Waals surface area (Å²) in [6.45, 7) is 5.38. The molecule has 1 aromatic rings. The van der Waals surface area contributed by atoms with Gasteiger partial charge >= 0.3 is 0 Å². The van der Waals surface area contributed by atoms with Crippen molar-refractivity contribution in [2.75, 3.05) is 6.54 Å². The molecule has 0 aromatic heterocycles. The van der Waals surface area contributed by atoms with E-state index in [1.807, 2.05) is 12.1 Å². The second kappa shape index (κ2) is 6.05. The van der Waals surface area contributed by atoms with E-state index in [4.69, 9.17) is 4.74 Å². The zero-order valence-corrected chi connectivity index (χ0v) is 13.1. The van der Waals surface area contributed by atoms with Crippen LogP contribution in [0, 0.1) is 11.7 Å². The Labute approximate surface area is 127 Å². The number of halogens is 1. The topological polar surface area (TPSA) is 21.3 Å². The van der Waals surface area contributed by atoms with Crippen LogP contribution in [0.25, 0.3) is 0 Å². The van der Waals surface area contributed by atoms with Crippen LogP contribution in [0.1, 0.15) is 57.6 Å². The van der Waals surface area contributed by atoms with Gasteiger partial charge in [0.25, 0.3) is 0 Å². The monoisotopic (exact) mass is 291 g/mol. The molecular formula is C18H26FNO. The number of ether oxygens (including phenoxy) is 1.